The van der Waals surface area contributed by atoms with Gasteiger partial charge in [0, 0.05) is 17.9 Å². The highest BCUT2D eigenvalue weighted by Crippen LogP contribution is 2.33. The summed E-state index contributed by atoms with van der Waals surface area (Å²) < 4.78 is 15.9. The highest BCUT2D eigenvalue weighted by molar-refractivity contribution is 8.18. The summed E-state index contributed by atoms with van der Waals surface area (Å²) in [4.78, 5) is 25.8. The molecule has 1 saturated heterocycles. The lowest BCUT2D eigenvalue weighted by atomic mass is 10.2. The molecule has 0 atom stereocenters. The third kappa shape index (κ3) is 3.05. The number of carbonyl (C=O) groups excluding carboxylic acids is 2. The number of nitrogens with zero attached hydrogens (tertiary/aromatic N) is 2. The van der Waals surface area contributed by atoms with Crippen LogP contribution in [0.5, 0.6) is 0 Å². The average molecular weight is 356 g/mol. The Morgan fingerprint density at radius 1 is 1.24 bits per heavy atom. The second-order valence-electron chi connectivity index (χ2n) is 5.69. The summed E-state index contributed by atoms with van der Waals surface area (Å²) in [5.74, 6) is -0.646. The fourth-order valence-corrected chi connectivity index (χ4v) is 3.70. The smallest absolute Gasteiger partial charge is 0.293 e. The summed E-state index contributed by atoms with van der Waals surface area (Å²) in [6.45, 7) is 7.49. The summed E-state index contributed by atoms with van der Waals surface area (Å²) in [6, 6.07) is 8.41. The molecule has 2 aromatic rings. The van der Waals surface area contributed by atoms with Gasteiger partial charge in [0.05, 0.1) is 10.6 Å². The number of rotatable bonds is 4. The van der Waals surface area contributed by atoms with Gasteiger partial charge in [-0.05, 0) is 55.4 Å². The Hall–Kier alpha value is -2.60. The summed E-state index contributed by atoms with van der Waals surface area (Å²) in [5.41, 5.74) is 2.89. The zero-order valence-electron chi connectivity index (χ0n) is 14.0. The molecule has 6 heteroatoms. The molecule has 4 nitrogen and oxygen atoms in total. The Labute approximate surface area is 149 Å². The van der Waals surface area contributed by atoms with Gasteiger partial charge < -0.3 is 4.57 Å². The van der Waals surface area contributed by atoms with Crippen molar-refractivity contribution in [3.8, 4) is 5.69 Å². The molecule has 2 heterocycles. The van der Waals surface area contributed by atoms with Gasteiger partial charge in [-0.1, -0.05) is 18.2 Å². The molecule has 1 aliphatic heterocycles. The Balaban J connectivity index is 2.02. The van der Waals surface area contributed by atoms with Gasteiger partial charge in [0.2, 0.25) is 0 Å². The van der Waals surface area contributed by atoms with Crippen molar-refractivity contribution in [2.45, 2.75) is 13.8 Å². The van der Waals surface area contributed by atoms with Gasteiger partial charge in [-0.15, -0.1) is 6.58 Å². The molecule has 0 aliphatic carbocycles. The van der Waals surface area contributed by atoms with Gasteiger partial charge in [0.15, 0.2) is 0 Å². The number of thioether (sulfide) groups is 1. The molecule has 0 radical (unpaired) electrons. The lowest BCUT2D eigenvalue weighted by molar-refractivity contribution is -0.122. The van der Waals surface area contributed by atoms with Crippen LogP contribution in [0.15, 0.2) is 47.9 Å². The Kier molecular flexibility index (Phi) is 4.63. The minimum atomic E-state index is -0.328. The third-order valence-electron chi connectivity index (χ3n) is 4.04. The summed E-state index contributed by atoms with van der Waals surface area (Å²) in [6.07, 6.45) is 3.21. The van der Waals surface area contributed by atoms with E-state index in [9.17, 15) is 14.0 Å². The average Bonchev–Trinajstić information content (AvgIpc) is 2.99. The number of para-hydroxylation sites is 1. The largest absolute Gasteiger partial charge is 0.315 e. The van der Waals surface area contributed by atoms with Crippen LogP contribution < -0.4 is 0 Å². The minimum Gasteiger partial charge on any atom is -0.315 e. The van der Waals surface area contributed by atoms with Crippen LogP contribution in [0.3, 0.4) is 0 Å². The first-order valence-electron chi connectivity index (χ1n) is 7.74. The van der Waals surface area contributed by atoms with Gasteiger partial charge in [-0.2, -0.15) is 0 Å². The molecule has 0 N–H and O–H groups in total. The van der Waals surface area contributed by atoms with Crippen LogP contribution in [0.4, 0.5) is 9.18 Å². The number of imide groups is 1. The minimum absolute atomic E-state index is 0.191. The number of aryl methyl sites for hydroxylation is 1. The Morgan fingerprint density at radius 3 is 2.64 bits per heavy atom. The summed E-state index contributed by atoms with van der Waals surface area (Å²) >= 11 is 0.907. The first kappa shape index (κ1) is 17.2. The van der Waals surface area contributed by atoms with E-state index in [0.29, 0.717) is 10.6 Å². The van der Waals surface area contributed by atoms with Crippen LogP contribution in [0, 0.1) is 19.7 Å². The monoisotopic (exact) mass is 356 g/mol. The van der Waals surface area contributed by atoms with E-state index in [0.717, 1.165) is 33.6 Å². The maximum atomic E-state index is 14.1. The number of aromatic nitrogens is 1. The van der Waals surface area contributed by atoms with Crippen LogP contribution in [0.1, 0.15) is 17.0 Å². The standard InChI is InChI=1S/C19H17FN2O2S/c1-4-9-21-18(23)17(25-19(21)24)11-14-10-12(2)22(13(14)3)16-8-6-5-7-15(16)20/h4-8,10-11H,1,9H2,2-3H3. The van der Waals surface area contributed by atoms with Crippen LogP contribution >= 0.6 is 11.8 Å². The maximum Gasteiger partial charge on any atom is 0.293 e. The number of amides is 2. The first-order chi connectivity index (χ1) is 11.9. The molecule has 0 spiro atoms. The van der Waals surface area contributed by atoms with E-state index in [1.54, 1.807) is 28.8 Å². The van der Waals surface area contributed by atoms with E-state index in [2.05, 4.69) is 6.58 Å². The van der Waals surface area contributed by atoms with Crippen molar-refractivity contribution in [3.05, 3.63) is 70.7 Å². The zero-order valence-corrected chi connectivity index (χ0v) is 14.8. The zero-order chi connectivity index (χ0) is 18.1. The van der Waals surface area contributed by atoms with Gasteiger partial charge in [-0.25, -0.2) is 4.39 Å². The summed E-state index contributed by atoms with van der Waals surface area (Å²) in [5, 5.41) is -0.306. The van der Waals surface area contributed by atoms with Crippen molar-refractivity contribution in [3.63, 3.8) is 0 Å². The number of hydrogen-bond acceptors (Lipinski definition) is 3. The van der Waals surface area contributed by atoms with Crippen molar-refractivity contribution in [2.75, 3.05) is 6.54 Å². The highest BCUT2D eigenvalue weighted by atomic mass is 32.2. The van der Waals surface area contributed by atoms with E-state index in [-0.39, 0.29) is 23.5 Å². The van der Waals surface area contributed by atoms with Gasteiger partial charge in [-0.3, -0.25) is 14.5 Å². The van der Waals surface area contributed by atoms with Crippen LogP contribution in [-0.2, 0) is 4.79 Å². The number of carbonyl (C=O) groups is 2. The van der Waals surface area contributed by atoms with Gasteiger partial charge in [0.1, 0.15) is 5.82 Å². The van der Waals surface area contributed by atoms with Crippen molar-refractivity contribution in [2.24, 2.45) is 0 Å². The quantitative estimate of drug-likeness (QED) is 0.600. The van der Waals surface area contributed by atoms with Crippen LogP contribution in [0.25, 0.3) is 11.8 Å². The molecule has 1 aromatic heterocycles. The highest BCUT2D eigenvalue weighted by Gasteiger charge is 2.34. The van der Waals surface area contributed by atoms with Crippen LogP contribution in [0.2, 0.25) is 0 Å². The molecule has 1 aliphatic rings. The predicted octanol–water partition coefficient (Wildman–Crippen LogP) is 4.46. The molecule has 0 bridgehead atoms. The SMILES string of the molecule is C=CCN1C(=O)SC(=Cc2cc(C)n(-c3ccccc3F)c2C)C1=O. The predicted molar refractivity (Wildman–Crippen MR) is 98.1 cm³/mol. The molecular weight excluding hydrogens is 339 g/mol. The third-order valence-corrected chi connectivity index (χ3v) is 4.94. The number of benzene rings is 1. The lowest BCUT2D eigenvalue weighted by Gasteiger charge is -2.10. The first-order valence-corrected chi connectivity index (χ1v) is 8.55. The van der Waals surface area contributed by atoms with E-state index in [1.165, 1.54) is 12.1 Å². The normalized spacial score (nSPS) is 16.1. The number of hydrogen-bond donors (Lipinski definition) is 0. The second kappa shape index (κ2) is 6.72. The molecular formula is C19H17FN2O2S. The molecule has 2 amide bonds. The van der Waals surface area contributed by atoms with Crippen molar-refractivity contribution in [1.29, 1.82) is 0 Å². The molecule has 25 heavy (non-hydrogen) atoms. The topological polar surface area (TPSA) is 42.3 Å². The lowest BCUT2D eigenvalue weighted by Crippen LogP contribution is -2.27. The van der Waals surface area contributed by atoms with Crippen molar-refractivity contribution < 1.29 is 14.0 Å². The summed E-state index contributed by atoms with van der Waals surface area (Å²) in [7, 11) is 0. The second-order valence-corrected chi connectivity index (χ2v) is 6.69. The van der Waals surface area contributed by atoms with E-state index >= 15 is 0 Å². The Morgan fingerprint density at radius 2 is 1.96 bits per heavy atom. The van der Waals surface area contributed by atoms with E-state index in [1.807, 2.05) is 19.9 Å². The van der Waals surface area contributed by atoms with E-state index in [4.69, 9.17) is 0 Å². The molecule has 0 saturated carbocycles. The fraction of sp³-hybridized carbons (Fsp3) is 0.158. The van der Waals surface area contributed by atoms with Crippen LogP contribution in [-0.4, -0.2) is 27.2 Å². The molecule has 1 aromatic carbocycles. The Bertz CT molecular complexity index is 914. The maximum absolute atomic E-state index is 14.1. The molecule has 3 rings (SSSR count). The fourth-order valence-electron chi connectivity index (χ4n) is 2.87. The van der Waals surface area contributed by atoms with Crippen molar-refractivity contribution >= 4 is 29.0 Å². The van der Waals surface area contributed by atoms with E-state index < -0.39 is 0 Å². The molecule has 0 unspecified atom stereocenters. The van der Waals surface area contributed by atoms with Gasteiger partial charge in [0.25, 0.3) is 11.1 Å². The van der Waals surface area contributed by atoms with Gasteiger partial charge >= 0.3 is 0 Å². The molecule has 128 valence electrons. The van der Waals surface area contributed by atoms with Crippen molar-refractivity contribution in [1.82, 2.24) is 9.47 Å². The number of halogens is 1. The molecule has 1 fully saturated rings.